The largest absolute Gasteiger partial charge is 0.462 e. The molecule has 0 N–H and O–H groups in total. The Balaban J connectivity index is 4.45. The first-order valence-electron chi connectivity index (χ1n) is 26.4. The molecule has 0 saturated carbocycles. The summed E-state index contributed by atoms with van der Waals surface area (Å²) in [5, 5.41) is 0. The molecule has 0 aromatic rings. The topological polar surface area (TPSA) is 61.8 Å². The van der Waals surface area contributed by atoms with Gasteiger partial charge in [0.1, 0.15) is 6.61 Å². The molecule has 0 aromatic heterocycles. The highest BCUT2D eigenvalue weighted by Gasteiger charge is 2.17. The lowest BCUT2D eigenvalue weighted by Crippen LogP contribution is -2.30. The van der Waals surface area contributed by atoms with Crippen LogP contribution in [0.5, 0.6) is 0 Å². The van der Waals surface area contributed by atoms with Crippen molar-refractivity contribution in [1.82, 2.24) is 0 Å². The predicted molar refractivity (Wildman–Crippen MR) is 288 cm³/mol. The van der Waals surface area contributed by atoms with Crippen molar-refractivity contribution in [3.05, 3.63) is 146 Å². The van der Waals surface area contributed by atoms with Crippen molar-refractivity contribution < 1.29 is 23.8 Å². The van der Waals surface area contributed by atoms with Crippen molar-refractivity contribution in [2.45, 2.75) is 207 Å². The lowest BCUT2D eigenvalue weighted by atomic mass is 10.1. The smallest absolute Gasteiger partial charge is 0.306 e. The van der Waals surface area contributed by atoms with Crippen molar-refractivity contribution in [2.24, 2.45) is 0 Å². The summed E-state index contributed by atoms with van der Waals surface area (Å²) in [7, 11) is 0. The van der Waals surface area contributed by atoms with Gasteiger partial charge in [-0.3, -0.25) is 9.59 Å². The Morgan fingerprint density at radius 2 is 0.667 bits per heavy atom. The summed E-state index contributed by atoms with van der Waals surface area (Å²) in [6, 6.07) is 0. The lowest BCUT2D eigenvalue weighted by molar-refractivity contribution is -0.162. The fraction of sp³-hybridized carbons (Fsp3) is 0.574. The first kappa shape index (κ1) is 61.8. The third-order valence-corrected chi connectivity index (χ3v) is 10.4. The average molecular weight is 909 g/mol. The van der Waals surface area contributed by atoms with E-state index in [0.29, 0.717) is 19.4 Å². The quantitative estimate of drug-likeness (QED) is 0.0346. The Hall–Kier alpha value is -4.22. The second-order valence-corrected chi connectivity index (χ2v) is 16.6. The van der Waals surface area contributed by atoms with E-state index >= 15 is 0 Å². The minimum atomic E-state index is -0.597. The number of rotatable bonds is 46. The van der Waals surface area contributed by atoms with E-state index in [2.05, 4.69) is 161 Å². The Bertz CT molecular complexity index is 1450. The van der Waals surface area contributed by atoms with Crippen molar-refractivity contribution >= 4 is 11.9 Å². The molecule has 66 heavy (non-hydrogen) atoms. The first-order valence-corrected chi connectivity index (χ1v) is 26.4. The molecule has 0 rings (SSSR count). The number of carbonyl (C=O) groups is 2. The Kier molecular flexibility index (Phi) is 51.6. The number of unbranched alkanes of at least 4 members (excludes halogenated alkanes) is 11. The molecule has 1 atom stereocenters. The number of hydrogen-bond acceptors (Lipinski definition) is 5. The first-order chi connectivity index (χ1) is 32.6. The van der Waals surface area contributed by atoms with Crippen LogP contribution in [0, 0.1) is 0 Å². The van der Waals surface area contributed by atoms with Crippen LogP contribution in [0.15, 0.2) is 146 Å². The van der Waals surface area contributed by atoms with Crippen LogP contribution in [0.25, 0.3) is 0 Å². The van der Waals surface area contributed by atoms with E-state index in [4.69, 9.17) is 14.2 Å². The van der Waals surface area contributed by atoms with E-state index in [9.17, 15) is 9.59 Å². The third kappa shape index (κ3) is 52.4. The van der Waals surface area contributed by atoms with E-state index in [0.717, 1.165) is 116 Å². The van der Waals surface area contributed by atoms with Gasteiger partial charge in [0.15, 0.2) is 6.10 Å². The summed E-state index contributed by atoms with van der Waals surface area (Å²) in [6.07, 6.45) is 80.2. The van der Waals surface area contributed by atoms with Gasteiger partial charge in [0.2, 0.25) is 0 Å². The fourth-order valence-electron chi connectivity index (χ4n) is 6.56. The van der Waals surface area contributed by atoms with Crippen LogP contribution in [0.3, 0.4) is 0 Å². The summed E-state index contributed by atoms with van der Waals surface area (Å²) < 4.78 is 17.3. The highest BCUT2D eigenvalue weighted by atomic mass is 16.6. The van der Waals surface area contributed by atoms with Gasteiger partial charge < -0.3 is 14.2 Å². The zero-order chi connectivity index (χ0) is 47.7. The van der Waals surface area contributed by atoms with Gasteiger partial charge >= 0.3 is 11.9 Å². The average Bonchev–Trinajstić information content (AvgIpc) is 3.32. The normalized spacial score (nSPS) is 13.4. The number of hydrogen-bond donors (Lipinski definition) is 0. The molecular weight excluding hydrogens is 813 g/mol. The highest BCUT2D eigenvalue weighted by molar-refractivity contribution is 5.70. The molecule has 0 aliphatic heterocycles. The van der Waals surface area contributed by atoms with Crippen molar-refractivity contribution in [3.8, 4) is 0 Å². The molecule has 1 unspecified atom stereocenters. The second kappa shape index (κ2) is 55.1. The minimum Gasteiger partial charge on any atom is -0.462 e. The van der Waals surface area contributed by atoms with Crippen molar-refractivity contribution in [1.29, 1.82) is 0 Å². The van der Waals surface area contributed by atoms with E-state index in [1.165, 1.54) is 44.9 Å². The molecule has 0 spiro atoms. The standard InChI is InChI=1S/C61H96O5/c1-4-7-10-13-16-19-22-25-27-29-31-32-34-37-39-42-45-48-51-54-60(62)65-58-59(66-61(63)55-52-49-46-43-40-36-24-21-18-15-12-9-6-3)57-64-56-53-50-47-44-41-38-35-33-30-28-26-23-20-17-14-11-8-5-2/h7-12,16-21,25-28,31-32,36-37,39-40,45,48,59H,4-6,13-15,22-24,29-30,33-35,38,41-44,46-47,49-58H2,1-3H3/b10-7-,11-8-,12-9-,19-16-,20-17-,21-18-,27-25-,28-26-,32-31-,39-37-,40-36-,48-45-. The summed E-state index contributed by atoms with van der Waals surface area (Å²) in [6.45, 7) is 7.34. The number of ether oxygens (including phenoxy) is 3. The number of allylic oxidation sites excluding steroid dienone is 24. The van der Waals surface area contributed by atoms with Gasteiger partial charge in [-0.05, 0) is 122 Å². The van der Waals surface area contributed by atoms with Crippen LogP contribution in [-0.2, 0) is 23.8 Å². The lowest BCUT2D eigenvalue weighted by Gasteiger charge is -2.18. The SMILES string of the molecule is CC/C=C\C/C=C\C/C=C\C/C=C\C/C=C\C/C=C\CCC(=O)OCC(COCCCCCCCCCC/C=C\C/C=C\C/C=C\CC)OC(=O)CCCCC/C=C\C/C=C\C/C=C\CC. The summed E-state index contributed by atoms with van der Waals surface area (Å²) in [5.74, 6) is -0.544. The molecule has 0 bridgehead atoms. The van der Waals surface area contributed by atoms with Crippen LogP contribution >= 0.6 is 0 Å². The van der Waals surface area contributed by atoms with E-state index in [1.54, 1.807) is 0 Å². The van der Waals surface area contributed by atoms with Gasteiger partial charge in [-0.15, -0.1) is 0 Å². The zero-order valence-corrected chi connectivity index (χ0v) is 42.4. The van der Waals surface area contributed by atoms with E-state index in [-0.39, 0.29) is 31.6 Å². The molecule has 0 aliphatic carbocycles. The van der Waals surface area contributed by atoms with Gasteiger partial charge in [0, 0.05) is 19.4 Å². The third-order valence-electron chi connectivity index (χ3n) is 10.4. The second-order valence-electron chi connectivity index (χ2n) is 16.6. The molecule has 0 radical (unpaired) electrons. The Labute approximate surface area is 406 Å². The van der Waals surface area contributed by atoms with Gasteiger partial charge in [-0.2, -0.15) is 0 Å². The van der Waals surface area contributed by atoms with Crippen LogP contribution in [0.4, 0.5) is 0 Å². The van der Waals surface area contributed by atoms with Gasteiger partial charge in [-0.1, -0.05) is 212 Å². The molecule has 0 aliphatic rings. The molecule has 370 valence electrons. The van der Waals surface area contributed by atoms with Gasteiger partial charge in [0.05, 0.1) is 6.61 Å². The van der Waals surface area contributed by atoms with Gasteiger partial charge in [0.25, 0.3) is 0 Å². The molecule has 0 amide bonds. The Morgan fingerprint density at radius 1 is 0.333 bits per heavy atom. The minimum absolute atomic E-state index is 0.0201. The molecule has 0 fully saturated rings. The van der Waals surface area contributed by atoms with Crippen molar-refractivity contribution in [3.63, 3.8) is 0 Å². The monoisotopic (exact) mass is 909 g/mol. The maximum atomic E-state index is 12.8. The summed E-state index contributed by atoms with van der Waals surface area (Å²) >= 11 is 0. The zero-order valence-electron chi connectivity index (χ0n) is 42.4. The molecule has 0 saturated heterocycles. The summed E-state index contributed by atoms with van der Waals surface area (Å²) in [4.78, 5) is 25.4. The fourth-order valence-corrected chi connectivity index (χ4v) is 6.56. The predicted octanol–water partition coefficient (Wildman–Crippen LogP) is 18.1. The van der Waals surface area contributed by atoms with Crippen LogP contribution in [0.2, 0.25) is 0 Å². The highest BCUT2D eigenvalue weighted by Crippen LogP contribution is 2.12. The van der Waals surface area contributed by atoms with Crippen LogP contribution in [-0.4, -0.2) is 37.9 Å². The molecule has 0 heterocycles. The van der Waals surface area contributed by atoms with Gasteiger partial charge in [-0.25, -0.2) is 0 Å². The van der Waals surface area contributed by atoms with Crippen LogP contribution in [0.1, 0.15) is 201 Å². The van der Waals surface area contributed by atoms with E-state index in [1.807, 2.05) is 6.08 Å². The maximum absolute atomic E-state index is 12.8. The molecule has 5 heteroatoms. The molecule has 5 nitrogen and oxygen atoms in total. The number of esters is 2. The maximum Gasteiger partial charge on any atom is 0.306 e. The van der Waals surface area contributed by atoms with Crippen molar-refractivity contribution in [2.75, 3.05) is 19.8 Å². The Morgan fingerprint density at radius 3 is 1.08 bits per heavy atom. The molecular formula is C61H96O5. The summed E-state index contributed by atoms with van der Waals surface area (Å²) in [5.41, 5.74) is 0. The number of carbonyl (C=O) groups excluding carboxylic acids is 2. The van der Waals surface area contributed by atoms with E-state index < -0.39 is 6.10 Å². The van der Waals surface area contributed by atoms with Crippen LogP contribution < -0.4 is 0 Å². The molecule has 0 aromatic carbocycles.